The highest BCUT2D eigenvalue weighted by atomic mass is 32.1. The van der Waals surface area contributed by atoms with Gasteiger partial charge < -0.3 is 15.0 Å². The van der Waals surface area contributed by atoms with Gasteiger partial charge in [0.15, 0.2) is 5.82 Å². The highest BCUT2D eigenvalue weighted by molar-refractivity contribution is 7.18. The summed E-state index contributed by atoms with van der Waals surface area (Å²) in [4.78, 5) is 13.7. The molecule has 3 aromatic rings. The third-order valence-corrected chi connectivity index (χ3v) is 6.33. The Morgan fingerprint density at radius 2 is 2.08 bits per heavy atom. The molecule has 3 aromatic heterocycles. The number of hydrogen-bond donors (Lipinski definition) is 2. The van der Waals surface area contributed by atoms with E-state index in [4.69, 9.17) is 14.7 Å². The lowest BCUT2D eigenvalue weighted by molar-refractivity contribution is -0.922. The quantitative estimate of drug-likeness (QED) is 0.681. The molecule has 5 nitrogen and oxygen atoms in total. The van der Waals surface area contributed by atoms with E-state index < -0.39 is 0 Å². The van der Waals surface area contributed by atoms with Crippen LogP contribution >= 0.6 is 22.7 Å². The number of rotatable bonds is 6. The second kappa shape index (κ2) is 8.00. The number of aromatic nitrogens is 2. The molecule has 0 unspecified atom stereocenters. The molecule has 4 heterocycles. The molecule has 0 atom stereocenters. The van der Waals surface area contributed by atoms with Gasteiger partial charge in [-0.1, -0.05) is 19.9 Å². The maximum absolute atomic E-state index is 5.47. The van der Waals surface area contributed by atoms with E-state index >= 15 is 0 Å². The lowest BCUT2D eigenvalue weighted by Crippen LogP contribution is -3.12. The lowest BCUT2D eigenvalue weighted by atomic mass is 10.2. The van der Waals surface area contributed by atoms with Crippen molar-refractivity contribution in [3.05, 3.63) is 28.7 Å². The molecule has 1 fully saturated rings. The number of anilines is 1. The first kappa shape index (κ1) is 17.9. The van der Waals surface area contributed by atoms with Crippen LogP contribution in [0.2, 0.25) is 0 Å². The third kappa shape index (κ3) is 3.91. The number of quaternary nitrogens is 1. The Bertz CT molecular complexity index is 854. The molecule has 1 aliphatic rings. The van der Waals surface area contributed by atoms with Crippen molar-refractivity contribution in [3.63, 3.8) is 0 Å². The van der Waals surface area contributed by atoms with Gasteiger partial charge in [0, 0.05) is 22.4 Å². The zero-order valence-corrected chi connectivity index (χ0v) is 16.9. The third-order valence-electron chi connectivity index (χ3n) is 4.55. The van der Waals surface area contributed by atoms with Gasteiger partial charge in [-0.15, -0.1) is 22.7 Å². The van der Waals surface area contributed by atoms with Crippen molar-refractivity contribution in [1.82, 2.24) is 9.97 Å². The van der Waals surface area contributed by atoms with Crippen molar-refractivity contribution in [2.45, 2.75) is 20.4 Å². The first-order valence-electron chi connectivity index (χ1n) is 9.18. The molecule has 0 saturated carbocycles. The van der Waals surface area contributed by atoms with Crippen molar-refractivity contribution < 1.29 is 9.64 Å². The topological polar surface area (TPSA) is 51.5 Å². The predicted octanol–water partition coefficient (Wildman–Crippen LogP) is 2.90. The van der Waals surface area contributed by atoms with E-state index in [1.807, 2.05) is 0 Å². The highest BCUT2D eigenvalue weighted by Gasteiger charge is 2.20. The zero-order chi connectivity index (χ0) is 17.9. The van der Waals surface area contributed by atoms with Crippen LogP contribution in [0.4, 0.5) is 5.82 Å². The van der Waals surface area contributed by atoms with Crippen LogP contribution in [-0.2, 0) is 11.3 Å². The van der Waals surface area contributed by atoms with E-state index in [1.54, 1.807) is 22.7 Å². The molecule has 0 amide bonds. The summed E-state index contributed by atoms with van der Waals surface area (Å²) < 4.78 is 5.47. The highest BCUT2D eigenvalue weighted by Crippen LogP contribution is 2.38. The Hall–Kier alpha value is -1.54. The van der Waals surface area contributed by atoms with Gasteiger partial charge in [-0.2, -0.15) is 0 Å². The molecule has 2 N–H and O–H groups in total. The van der Waals surface area contributed by atoms with Crippen molar-refractivity contribution in [2.24, 2.45) is 5.92 Å². The molecule has 1 aliphatic heterocycles. The Kier molecular flexibility index (Phi) is 5.49. The molecule has 0 spiro atoms. The standard InChI is InChI=1S/C19H24N4OS2/c1-13(2)10-20-18-17-14(15-4-3-9-25-15)12-26-19(17)22-16(21-18)11-23-5-7-24-8-6-23/h3-4,9,12-13H,5-8,10-11H2,1-2H3,(H,20,21,22)/p+1. The maximum Gasteiger partial charge on any atom is 0.187 e. The van der Waals surface area contributed by atoms with Gasteiger partial charge in [0.2, 0.25) is 0 Å². The summed E-state index contributed by atoms with van der Waals surface area (Å²) in [6.45, 7) is 9.94. The number of thiophene rings is 2. The molecular formula is C19H25N4OS2+. The van der Waals surface area contributed by atoms with E-state index in [0.717, 1.165) is 55.9 Å². The second-order valence-electron chi connectivity index (χ2n) is 7.11. The Morgan fingerprint density at radius 1 is 1.23 bits per heavy atom. The maximum atomic E-state index is 5.47. The molecule has 0 aromatic carbocycles. The summed E-state index contributed by atoms with van der Waals surface area (Å²) in [5.41, 5.74) is 1.25. The van der Waals surface area contributed by atoms with Crippen LogP contribution in [0.5, 0.6) is 0 Å². The van der Waals surface area contributed by atoms with Crippen molar-refractivity contribution >= 4 is 38.7 Å². The van der Waals surface area contributed by atoms with Crippen LogP contribution in [0.3, 0.4) is 0 Å². The fourth-order valence-corrected chi connectivity index (χ4v) is 4.95. The lowest BCUT2D eigenvalue weighted by Gasteiger charge is -2.23. The number of morpholine rings is 1. The number of nitrogens with zero attached hydrogens (tertiary/aromatic N) is 2. The van der Waals surface area contributed by atoms with Gasteiger partial charge in [-0.05, 0) is 17.4 Å². The molecule has 0 bridgehead atoms. The smallest absolute Gasteiger partial charge is 0.187 e. The minimum atomic E-state index is 0.567. The Morgan fingerprint density at radius 3 is 2.81 bits per heavy atom. The summed E-state index contributed by atoms with van der Waals surface area (Å²) in [5, 5.41) is 9.09. The predicted molar refractivity (Wildman–Crippen MR) is 109 cm³/mol. The first-order valence-corrected chi connectivity index (χ1v) is 10.9. The summed E-state index contributed by atoms with van der Waals surface area (Å²) in [6, 6.07) is 4.27. The Balaban J connectivity index is 1.71. The number of hydrogen-bond acceptors (Lipinski definition) is 6. The number of nitrogens with one attached hydrogen (secondary N) is 2. The van der Waals surface area contributed by atoms with Crippen LogP contribution in [0, 0.1) is 5.92 Å². The molecule has 7 heteroatoms. The summed E-state index contributed by atoms with van der Waals surface area (Å²) in [5.74, 6) is 2.48. The van der Waals surface area contributed by atoms with Gasteiger partial charge >= 0.3 is 0 Å². The second-order valence-corrected chi connectivity index (χ2v) is 8.91. The summed E-state index contributed by atoms with van der Waals surface area (Å²) in [6.07, 6.45) is 0. The van der Waals surface area contributed by atoms with Crippen LogP contribution in [0.25, 0.3) is 20.7 Å². The molecule has 4 rings (SSSR count). The molecule has 138 valence electrons. The fourth-order valence-electron chi connectivity index (χ4n) is 3.17. The summed E-state index contributed by atoms with van der Waals surface area (Å²) in [7, 11) is 0. The molecule has 0 aliphatic carbocycles. The van der Waals surface area contributed by atoms with E-state index in [-0.39, 0.29) is 0 Å². The van der Waals surface area contributed by atoms with Crippen molar-refractivity contribution in [3.8, 4) is 10.4 Å². The van der Waals surface area contributed by atoms with Crippen LogP contribution in [0.1, 0.15) is 19.7 Å². The molecule has 26 heavy (non-hydrogen) atoms. The van der Waals surface area contributed by atoms with Gasteiger partial charge in [-0.3, -0.25) is 0 Å². The van der Waals surface area contributed by atoms with E-state index in [2.05, 4.69) is 42.1 Å². The van der Waals surface area contributed by atoms with Crippen LogP contribution < -0.4 is 10.2 Å². The van der Waals surface area contributed by atoms with E-state index in [1.165, 1.54) is 20.7 Å². The van der Waals surface area contributed by atoms with Crippen LogP contribution in [-0.4, -0.2) is 42.8 Å². The minimum absolute atomic E-state index is 0.567. The normalized spacial score (nSPS) is 15.8. The molecular weight excluding hydrogens is 364 g/mol. The summed E-state index contributed by atoms with van der Waals surface area (Å²) >= 11 is 3.48. The first-order chi connectivity index (χ1) is 12.7. The van der Waals surface area contributed by atoms with E-state index in [0.29, 0.717) is 5.92 Å². The van der Waals surface area contributed by atoms with Crippen molar-refractivity contribution in [2.75, 3.05) is 38.2 Å². The van der Waals surface area contributed by atoms with E-state index in [9.17, 15) is 0 Å². The fraction of sp³-hybridized carbons (Fsp3) is 0.474. The average Bonchev–Trinajstić information content (AvgIpc) is 3.29. The molecule has 1 saturated heterocycles. The average molecular weight is 390 g/mol. The number of ether oxygens (including phenoxy) is 1. The largest absolute Gasteiger partial charge is 0.370 e. The number of fused-ring (bicyclic) bond motifs is 1. The minimum Gasteiger partial charge on any atom is -0.370 e. The van der Waals surface area contributed by atoms with Gasteiger partial charge in [0.25, 0.3) is 0 Å². The van der Waals surface area contributed by atoms with Crippen LogP contribution in [0.15, 0.2) is 22.9 Å². The van der Waals surface area contributed by atoms with Crippen molar-refractivity contribution in [1.29, 1.82) is 0 Å². The van der Waals surface area contributed by atoms with Gasteiger partial charge in [0.1, 0.15) is 30.3 Å². The van der Waals surface area contributed by atoms with Gasteiger partial charge in [-0.25, -0.2) is 9.97 Å². The Labute approximate surface area is 162 Å². The van der Waals surface area contributed by atoms with Gasteiger partial charge in [0.05, 0.1) is 18.6 Å². The zero-order valence-electron chi connectivity index (χ0n) is 15.2. The SMILES string of the molecule is CC(C)CNc1nc(C[NH+]2CCOCC2)nc2scc(-c3cccs3)c12. The monoisotopic (exact) mass is 389 g/mol. The molecule has 0 radical (unpaired) electrons.